The van der Waals surface area contributed by atoms with Crippen LogP contribution >= 0.6 is 0 Å². The predicted octanol–water partition coefficient (Wildman–Crippen LogP) is 1.73. The molecule has 0 aliphatic rings. The number of carboxylic acid groups (broad SMARTS) is 1. The van der Waals surface area contributed by atoms with Crippen LogP contribution in [0.25, 0.3) is 0 Å². The van der Waals surface area contributed by atoms with Crippen LogP contribution in [0.15, 0.2) is 18.2 Å². The van der Waals surface area contributed by atoms with Gasteiger partial charge in [-0.15, -0.1) is 0 Å². The number of methoxy groups -OCH3 is 1. The number of hydrogen-bond donors (Lipinski definition) is 1. The van der Waals surface area contributed by atoms with E-state index in [0.717, 1.165) is 16.7 Å². The quantitative estimate of drug-likeness (QED) is 0.791. The molecule has 1 aromatic carbocycles. The molecular weight excluding hydrogens is 220 g/mol. The minimum Gasteiger partial charge on any atom is -0.481 e. The maximum Gasteiger partial charge on any atom is 0.307 e. The zero-order chi connectivity index (χ0) is 12.8. The van der Waals surface area contributed by atoms with Crippen molar-refractivity contribution in [2.45, 2.75) is 26.2 Å². The maximum atomic E-state index is 11.1. The molecule has 0 fully saturated rings. The third-order valence-electron chi connectivity index (χ3n) is 2.66. The lowest BCUT2D eigenvalue weighted by Gasteiger charge is -2.10. The van der Waals surface area contributed by atoms with Crippen molar-refractivity contribution in [3.8, 4) is 0 Å². The summed E-state index contributed by atoms with van der Waals surface area (Å²) < 4.78 is 4.58. The van der Waals surface area contributed by atoms with Crippen molar-refractivity contribution in [1.29, 1.82) is 0 Å². The van der Waals surface area contributed by atoms with Crippen LogP contribution in [0.3, 0.4) is 0 Å². The summed E-state index contributed by atoms with van der Waals surface area (Å²) in [6.07, 6.45) is 0.772. The highest BCUT2D eigenvalue weighted by atomic mass is 16.5. The predicted molar refractivity (Wildman–Crippen MR) is 62.9 cm³/mol. The molecule has 0 amide bonds. The van der Waals surface area contributed by atoms with Gasteiger partial charge in [-0.2, -0.15) is 0 Å². The number of rotatable bonds is 5. The second-order valence-electron chi connectivity index (χ2n) is 3.86. The van der Waals surface area contributed by atoms with Crippen LogP contribution < -0.4 is 0 Å². The van der Waals surface area contributed by atoms with Crippen molar-refractivity contribution in [3.05, 3.63) is 34.9 Å². The highest BCUT2D eigenvalue weighted by molar-refractivity contribution is 5.72. The molecule has 0 saturated heterocycles. The van der Waals surface area contributed by atoms with Crippen LogP contribution in [0.4, 0.5) is 0 Å². The van der Waals surface area contributed by atoms with E-state index < -0.39 is 5.97 Å². The zero-order valence-corrected chi connectivity index (χ0v) is 10.0. The third kappa shape index (κ3) is 3.90. The molecule has 4 heteroatoms. The molecular formula is C13H16O4. The van der Waals surface area contributed by atoms with E-state index in [9.17, 15) is 9.59 Å². The van der Waals surface area contributed by atoms with Crippen LogP contribution in [0, 0.1) is 6.92 Å². The molecule has 1 aromatic rings. The molecule has 0 atom stereocenters. The smallest absolute Gasteiger partial charge is 0.307 e. The monoisotopic (exact) mass is 236 g/mol. The number of esters is 1. The Morgan fingerprint density at radius 3 is 2.65 bits per heavy atom. The van der Waals surface area contributed by atoms with Gasteiger partial charge in [-0.25, -0.2) is 0 Å². The summed E-state index contributed by atoms with van der Waals surface area (Å²) in [5, 5.41) is 8.81. The Hall–Kier alpha value is -1.84. The normalized spacial score (nSPS) is 10.0. The van der Waals surface area contributed by atoms with Gasteiger partial charge in [0.25, 0.3) is 0 Å². The van der Waals surface area contributed by atoms with E-state index in [1.54, 1.807) is 6.07 Å². The average Bonchev–Trinajstić information content (AvgIpc) is 2.27. The zero-order valence-electron chi connectivity index (χ0n) is 10.0. The van der Waals surface area contributed by atoms with E-state index >= 15 is 0 Å². The van der Waals surface area contributed by atoms with Gasteiger partial charge >= 0.3 is 11.9 Å². The molecule has 0 bridgehead atoms. The van der Waals surface area contributed by atoms with Gasteiger partial charge in [0.1, 0.15) is 0 Å². The fourth-order valence-corrected chi connectivity index (χ4v) is 1.78. The fraction of sp³-hybridized carbons (Fsp3) is 0.385. The highest BCUT2D eigenvalue weighted by Crippen LogP contribution is 2.17. The topological polar surface area (TPSA) is 63.6 Å². The Balaban J connectivity index is 2.87. The number of hydrogen-bond acceptors (Lipinski definition) is 3. The lowest BCUT2D eigenvalue weighted by Crippen LogP contribution is -2.08. The Labute approximate surface area is 100 Å². The first-order valence-electron chi connectivity index (χ1n) is 5.40. The number of benzene rings is 1. The molecule has 1 N–H and O–H groups in total. The van der Waals surface area contributed by atoms with Gasteiger partial charge in [0.15, 0.2) is 0 Å². The first-order chi connectivity index (χ1) is 8.04. The molecule has 0 radical (unpaired) electrons. The molecule has 0 spiro atoms. The van der Waals surface area contributed by atoms with E-state index in [1.807, 2.05) is 19.1 Å². The number of carboxylic acids is 1. The van der Waals surface area contributed by atoms with Gasteiger partial charge in [-0.1, -0.05) is 18.2 Å². The first kappa shape index (κ1) is 13.2. The van der Waals surface area contributed by atoms with Crippen molar-refractivity contribution >= 4 is 11.9 Å². The van der Waals surface area contributed by atoms with Crippen molar-refractivity contribution in [2.75, 3.05) is 7.11 Å². The van der Waals surface area contributed by atoms with Crippen molar-refractivity contribution in [2.24, 2.45) is 0 Å². The second-order valence-corrected chi connectivity index (χ2v) is 3.86. The molecule has 0 unspecified atom stereocenters. The SMILES string of the molecule is COC(=O)CCc1c(C)cccc1CC(=O)O. The molecule has 0 aromatic heterocycles. The van der Waals surface area contributed by atoms with Gasteiger partial charge in [-0.05, 0) is 30.0 Å². The largest absolute Gasteiger partial charge is 0.481 e. The Morgan fingerprint density at radius 1 is 1.35 bits per heavy atom. The van der Waals surface area contributed by atoms with Crippen LogP contribution in [-0.4, -0.2) is 24.2 Å². The standard InChI is InChI=1S/C13H16O4/c1-9-4-3-5-10(8-12(14)15)11(9)6-7-13(16)17-2/h3-5H,6-8H2,1-2H3,(H,14,15). The van der Waals surface area contributed by atoms with Gasteiger partial charge < -0.3 is 9.84 Å². The highest BCUT2D eigenvalue weighted by Gasteiger charge is 2.10. The Morgan fingerprint density at radius 2 is 2.06 bits per heavy atom. The van der Waals surface area contributed by atoms with Crippen molar-refractivity contribution in [1.82, 2.24) is 0 Å². The second kappa shape index (κ2) is 6.03. The minimum atomic E-state index is -0.866. The number of ether oxygens (including phenoxy) is 1. The summed E-state index contributed by atoms with van der Waals surface area (Å²) in [5.41, 5.74) is 2.70. The van der Waals surface area contributed by atoms with Crippen LogP contribution in [0.5, 0.6) is 0 Å². The van der Waals surface area contributed by atoms with Crippen molar-refractivity contribution < 1.29 is 19.4 Å². The maximum absolute atomic E-state index is 11.1. The average molecular weight is 236 g/mol. The molecule has 92 valence electrons. The lowest BCUT2D eigenvalue weighted by molar-refractivity contribution is -0.140. The third-order valence-corrected chi connectivity index (χ3v) is 2.66. The lowest BCUT2D eigenvalue weighted by atomic mass is 9.96. The number of aryl methyl sites for hydroxylation is 1. The van der Waals surface area contributed by atoms with E-state index in [2.05, 4.69) is 4.74 Å². The molecule has 0 aliphatic heterocycles. The van der Waals surface area contributed by atoms with Gasteiger partial charge in [0.2, 0.25) is 0 Å². The van der Waals surface area contributed by atoms with Crippen LogP contribution in [-0.2, 0) is 27.2 Å². The van der Waals surface area contributed by atoms with Crippen LogP contribution in [0.1, 0.15) is 23.1 Å². The number of aliphatic carboxylic acids is 1. The summed E-state index contributed by atoms with van der Waals surface area (Å²) in [4.78, 5) is 21.8. The number of carbonyl (C=O) groups is 2. The van der Waals surface area contributed by atoms with Gasteiger partial charge in [-0.3, -0.25) is 9.59 Å². The fourth-order valence-electron chi connectivity index (χ4n) is 1.78. The van der Waals surface area contributed by atoms with Gasteiger partial charge in [0, 0.05) is 6.42 Å². The summed E-state index contributed by atoms with van der Waals surface area (Å²) in [7, 11) is 1.35. The number of carbonyl (C=O) groups excluding carboxylic acids is 1. The summed E-state index contributed by atoms with van der Waals surface area (Å²) in [6, 6.07) is 5.53. The molecule has 0 heterocycles. The van der Waals surface area contributed by atoms with Crippen molar-refractivity contribution in [3.63, 3.8) is 0 Å². The van der Waals surface area contributed by atoms with E-state index in [4.69, 9.17) is 5.11 Å². The van der Waals surface area contributed by atoms with E-state index in [-0.39, 0.29) is 18.8 Å². The van der Waals surface area contributed by atoms with Crippen LogP contribution in [0.2, 0.25) is 0 Å². The molecule has 1 rings (SSSR count). The Bertz CT molecular complexity index is 423. The first-order valence-corrected chi connectivity index (χ1v) is 5.40. The van der Waals surface area contributed by atoms with E-state index in [0.29, 0.717) is 6.42 Å². The van der Waals surface area contributed by atoms with Gasteiger partial charge in [0.05, 0.1) is 13.5 Å². The molecule has 17 heavy (non-hydrogen) atoms. The molecule has 4 nitrogen and oxygen atoms in total. The Kier molecular flexibility index (Phi) is 4.69. The molecule has 0 aliphatic carbocycles. The summed E-state index contributed by atoms with van der Waals surface area (Å²) >= 11 is 0. The summed E-state index contributed by atoms with van der Waals surface area (Å²) in [5.74, 6) is -1.15. The minimum absolute atomic E-state index is 0.0157. The molecule has 0 saturated carbocycles. The summed E-state index contributed by atoms with van der Waals surface area (Å²) in [6.45, 7) is 1.91. The van der Waals surface area contributed by atoms with E-state index in [1.165, 1.54) is 7.11 Å².